The van der Waals surface area contributed by atoms with E-state index in [1.807, 2.05) is 12.4 Å². The van der Waals surface area contributed by atoms with Crippen LogP contribution in [0.3, 0.4) is 0 Å². The third-order valence-corrected chi connectivity index (χ3v) is 3.27. The lowest BCUT2D eigenvalue weighted by Crippen LogP contribution is -2.35. The summed E-state index contributed by atoms with van der Waals surface area (Å²) in [6, 6.07) is 0.479. The van der Waals surface area contributed by atoms with E-state index in [-0.39, 0.29) is 0 Å². The quantitative estimate of drug-likeness (QED) is 0.702. The standard InChI is InChI=1S/C13H25N3O/c1-5-16-8-6-15-13(16)10-11(2)12(3)14-7-9-17-4/h6,8,11-12,14H,5,7,9-10H2,1-4H3. The second kappa shape index (κ2) is 7.45. The number of nitrogens with one attached hydrogen (secondary N) is 1. The normalized spacial score (nSPS) is 14.8. The first-order valence-corrected chi connectivity index (χ1v) is 6.41. The molecule has 4 nitrogen and oxygen atoms in total. The van der Waals surface area contributed by atoms with Crippen molar-refractivity contribution in [2.45, 2.75) is 39.8 Å². The average Bonchev–Trinajstić information content (AvgIpc) is 2.76. The first kappa shape index (κ1) is 14.2. The van der Waals surface area contributed by atoms with Gasteiger partial charge in [0.15, 0.2) is 0 Å². The van der Waals surface area contributed by atoms with Gasteiger partial charge in [-0.3, -0.25) is 0 Å². The molecule has 0 radical (unpaired) electrons. The summed E-state index contributed by atoms with van der Waals surface area (Å²) in [6.45, 7) is 9.30. The van der Waals surface area contributed by atoms with Crippen LogP contribution in [0.25, 0.3) is 0 Å². The topological polar surface area (TPSA) is 39.1 Å². The van der Waals surface area contributed by atoms with Crippen molar-refractivity contribution in [1.82, 2.24) is 14.9 Å². The number of aromatic nitrogens is 2. The number of rotatable bonds is 8. The maximum atomic E-state index is 5.04. The zero-order valence-electron chi connectivity index (χ0n) is 11.4. The Morgan fingerprint density at radius 2 is 2.24 bits per heavy atom. The number of aryl methyl sites for hydroxylation is 1. The van der Waals surface area contributed by atoms with Crippen LogP contribution in [0.5, 0.6) is 0 Å². The maximum Gasteiger partial charge on any atom is 0.108 e. The van der Waals surface area contributed by atoms with Crippen molar-refractivity contribution in [3.63, 3.8) is 0 Å². The molecule has 0 amide bonds. The van der Waals surface area contributed by atoms with Gasteiger partial charge in [-0.05, 0) is 19.8 Å². The van der Waals surface area contributed by atoms with Gasteiger partial charge in [0.2, 0.25) is 0 Å². The molecule has 17 heavy (non-hydrogen) atoms. The minimum Gasteiger partial charge on any atom is -0.383 e. The fraction of sp³-hybridized carbons (Fsp3) is 0.769. The first-order chi connectivity index (χ1) is 8.19. The highest BCUT2D eigenvalue weighted by Gasteiger charge is 2.14. The Bertz CT molecular complexity index is 311. The Morgan fingerprint density at radius 1 is 1.47 bits per heavy atom. The van der Waals surface area contributed by atoms with E-state index in [4.69, 9.17) is 4.74 Å². The van der Waals surface area contributed by atoms with Crippen LogP contribution in [-0.4, -0.2) is 35.9 Å². The highest BCUT2D eigenvalue weighted by Crippen LogP contribution is 2.10. The number of imidazole rings is 1. The minimum atomic E-state index is 0.479. The van der Waals surface area contributed by atoms with Gasteiger partial charge in [0.1, 0.15) is 5.82 Å². The van der Waals surface area contributed by atoms with E-state index in [1.165, 1.54) is 5.82 Å². The van der Waals surface area contributed by atoms with Crippen LogP contribution in [-0.2, 0) is 17.7 Å². The van der Waals surface area contributed by atoms with Crippen LogP contribution in [0.1, 0.15) is 26.6 Å². The molecule has 0 aliphatic rings. The Morgan fingerprint density at radius 3 is 2.88 bits per heavy atom. The molecule has 2 unspecified atom stereocenters. The van der Waals surface area contributed by atoms with Gasteiger partial charge >= 0.3 is 0 Å². The fourth-order valence-electron chi connectivity index (χ4n) is 1.87. The molecule has 0 aliphatic carbocycles. The zero-order chi connectivity index (χ0) is 12.7. The lowest BCUT2D eigenvalue weighted by Gasteiger charge is -2.21. The van der Waals surface area contributed by atoms with Crippen LogP contribution < -0.4 is 5.32 Å². The maximum absolute atomic E-state index is 5.04. The summed E-state index contributed by atoms with van der Waals surface area (Å²) in [5, 5.41) is 3.47. The summed E-state index contributed by atoms with van der Waals surface area (Å²) in [5.74, 6) is 1.75. The Balaban J connectivity index is 2.39. The molecule has 0 saturated heterocycles. The molecule has 0 bridgehead atoms. The zero-order valence-corrected chi connectivity index (χ0v) is 11.4. The van der Waals surface area contributed by atoms with Gasteiger partial charge in [0.25, 0.3) is 0 Å². The van der Waals surface area contributed by atoms with E-state index < -0.39 is 0 Å². The highest BCUT2D eigenvalue weighted by atomic mass is 16.5. The lowest BCUT2D eigenvalue weighted by atomic mass is 9.99. The SMILES string of the molecule is CCn1ccnc1CC(C)C(C)NCCOC. The summed E-state index contributed by atoms with van der Waals surface area (Å²) in [6.07, 6.45) is 4.95. The molecule has 1 heterocycles. The number of methoxy groups -OCH3 is 1. The van der Waals surface area contributed by atoms with Crippen LogP contribution in [0.15, 0.2) is 12.4 Å². The number of hydrogen-bond acceptors (Lipinski definition) is 3. The molecule has 1 N–H and O–H groups in total. The Kier molecular flexibility index (Phi) is 6.22. The molecular weight excluding hydrogens is 214 g/mol. The van der Waals surface area contributed by atoms with Gasteiger partial charge in [-0.25, -0.2) is 4.98 Å². The minimum absolute atomic E-state index is 0.479. The van der Waals surface area contributed by atoms with Gasteiger partial charge in [-0.15, -0.1) is 0 Å². The van der Waals surface area contributed by atoms with Crippen molar-refractivity contribution in [3.05, 3.63) is 18.2 Å². The summed E-state index contributed by atoms with van der Waals surface area (Å²) < 4.78 is 7.24. The molecule has 2 atom stereocenters. The van der Waals surface area contributed by atoms with Crippen molar-refractivity contribution in [2.24, 2.45) is 5.92 Å². The summed E-state index contributed by atoms with van der Waals surface area (Å²) in [4.78, 5) is 4.42. The molecule has 0 aliphatic heterocycles. The average molecular weight is 239 g/mol. The molecule has 1 aromatic heterocycles. The van der Waals surface area contributed by atoms with Crippen molar-refractivity contribution >= 4 is 0 Å². The Labute approximate surface area is 104 Å². The molecule has 0 fully saturated rings. The predicted molar refractivity (Wildman–Crippen MR) is 70.1 cm³/mol. The molecule has 0 aromatic carbocycles. The number of nitrogens with zero attached hydrogens (tertiary/aromatic N) is 2. The second-order valence-electron chi connectivity index (χ2n) is 4.55. The van der Waals surface area contributed by atoms with E-state index in [2.05, 4.69) is 35.6 Å². The smallest absolute Gasteiger partial charge is 0.108 e. The third-order valence-electron chi connectivity index (χ3n) is 3.27. The largest absolute Gasteiger partial charge is 0.383 e. The van der Waals surface area contributed by atoms with Crippen LogP contribution in [0.2, 0.25) is 0 Å². The van der Waals surface area contributed by atoms with Crippen molar-refractivity contribution in [1.29, 1.82) is 0 Å². The molecule has 0 spiro atoms. The lowest BCUT2D eigenvalue weighted by molar-refractivity contribution is 0.192. The van der Waals surface area contributed by atoms with Gasteiger partial charge in [-0.2, -0.15) is 0 Å². The van der Waals surface area contributed by atoms with E-state index in [9.17, 15) is 0 Å². The molecule has 98 valence electrons. The molecule has 4 heteroatoms. The third kappa shape index (κ3) is 4.48. The van der Waals surface area contributed by atoms with Crippen molar-refractivity contribution in [2.75, 3.05) is 20.3 Å². The Hall–Kier alpha value is -0.870. The van der Waals surface area contributed by atoms with Gasteiger partial charge < -0.3 is 14.6 Å². The van der Waals surface area contributed by atoms with E-state index >= 15 is 0 Å². The monoisotopic (exact) mass is 239 g/mol. The summed E-state index contributed by atoms with van der Waals surface area (Å²) in [7, 11) is 1.73. The molecule has 1 rings (SSSR count). The van der Waals surface area contributed by atoms with Crippen LogP contribution in [0.4, 0.5) is 0 Å². The van der Waals surface area contributed by atoms with Crippen molar-refractivity contribution < 1.29 is 4.74 Å². The fourth-order valence-corrected chi connectivity index (χ4v) is 1.87. The van der Waals surface area contributed by atoms with Gasteiger partial charge in [-0.1, -0.05) is 6.92 Å². The molecule has 1 aromatic rings. The molecular formula is C13H25N3O. The second-order valence-corrected chi connectivity index (χ2v) is 4.55. The van der Waals surface area contributed by atoms with Crippen LogP contribution >= 0.6 is 0 Å². The summed E-state index contributed by atoms with van der Waals surface area (Å²) in [5.41, 5.74) is 0. The number of ether oxygens (including phenoxy) is 1. The van der Waals surface area contributed by atoms with Crippen LogP contribution in [0, 0.1) is 5.92 Å². The van der Waals surface area contributed by atoms with Gasteiger partial charge in [0, 0.05) is 45.1 Å². The predicted octanol–water partition coefficient (Wildman–Crippen LogP) is 1.71. The van der Waals surface area contributed by atoms with Gasteiger partial charge in [0.05, 0.1) is 6.61 Å². The molecule has 0 saturated carbocycles. The van der Waals surface area contributed by atoms with E-state index in [0.717, 1.165) is 26.1 Å². The van der Waals surface area contributed by atoms with E-state index in [1.54, 1.807) is 7.11 Å². The van der Waals surface area contributed by atoms with Crippen molar-refractivity contribution in [3.8, 4) is 0 Å². The highest BCUT2D eigenvalue weighted by molar-refractivity contribution is 4.94. The first-order valence-electron chi connectivity index (χ1n) is 6.41. The summed E-state index contributed by atoms with van der Waals surface area (Å²) >= 11 is 0. The number of hydrogen-bond donors (Lipinski definition) is 1. The van der Waals surface area contributed by atoms with E-state index in [0.29, 0.717) is 12.0 Å².